The summed E-state index contributed by atoms with van der Waals surface area (Å²) in [4.78, 5) is 0. The highest BCUT2D eigenvalue weighted by atomic mass is 14.7. The summed E-state index contributed by atoms with van der Waals surface area (Å²) in [6.07, 6.45) is 3.75. The van der Waals surface area contributed by atoms with Gasteiger partial charge in [-0.1, -0.05) is 23.3 Å². The fourth-order valence-corrected chi connectivity index (χ4v) is 4.49. The van der Waals surface area contributed by atoms with Gasteiger partial charge in [-0.2, -0.15) is 21.0 Å². The van der Waals surface area contributed by atoms with Crippen LogP contribution in [-0.4, -0.2) is 0 Å². The second-order valence-electron chi connectivity index (χ2n) is 5.92. The summed E-state index contributed by atoms with van der Waals surface area (Å²) in [5.74, 6) is -0.482. The summed E-state index contributed by atoms with van der Waals surface area (Å²) >= 11 is 0. The molecule has 20 heavy (non-hydrogen) atoms. The van der Waals surface area contributed by atoms with E-state index in [0.717, 1.165) is 0 Å². The standard InChI is InChI=1S/C16H12N4/c1-9-10(2)14-12-4-3-11(13(9)14)15(5-17,6-18)16(12,7-19)8-20/h3-4,11-14H,1-2H3. The highest BCUT2D eigenvalue weighted by molar-refractivity contribution is 5.52. The second-order valence-corrected chi connectivity index (χ2v) is 5.92. The normalized spacial score (nSPS) is 37.7. The third-order valence-electron chi connectivity index (χ3n) is 5.64. The molecule has 4 rings (SSSR count). The topological polar surface area (TPSA) is 95.2 Å². The molecule has 0 heterocycles. The average molecular weight is 260 g/mol. The zero-order chi connectivity index (χ0) is 14.7. The van der Waals surface area contributed by atoms with E-state index in [9.17, 15) is 21.0 Å². The lowest BCUT2D eigenvalue weighted by atomic mass is 9.36. The number of nitrogens with zero attached hydrogens (tertiary/aromatic N) is 4. The number of rotatable bonds is 0. The zero-order valence-corrected chi connectivity index (χ0v) is 11.3. The molecule has 4 aliphatic carbocycles. The Balaban J connectivity index is 2.34. The van der Waals surface area contributed by atoms with E-state index < -0.39 is 10.8 Å². The van der Waals surface area contributed by atoms with Crippen molar-refractivity contribution in [3.05, 3.63) is 23.3 Å². The van der Waals surface area contributed by atoms with E-state index in [1.807, 2.05) is 50.3 Å². The molecule has 0 aromatic rings. The Morgan fingerprint density at radius 2 is 1.05 bits per heavy atom. The SMILES string of the molecule is CC1=C(C)C2C1C1C=CC2C(C#N)(C#N)C1(C#N)C#N. The molecule has 0 N–H and O–H groups in total. The van der Waals surface area contributed by atoms with Crippen molar-refractivity contribution >= 4 is 0 Å². The van der Waals surface area contributed by atoms with Crippen LogP contribution >= 0.6 is 0 Å². The van der Waals surface area contributed by atoms with Crippen LogP contribution in [0.3, 0.4) is 0 Å². The summed E-state index contributed by atoms with van der Waals surface area (Å²) in [7, 11) is 0. The van der Waals surface area contributed by atoms with Crippen LogP contribution in [0, 0.1) is 79.8 Å². The van der Waals surface area contributed by atoms with Crippen LogP contribution in [0.1, 0.15) is 13.8 Å². The molecule has 4 unspecified atom stereocenters. The Labute approximate surface area is 117 Å². The van der Waals surface area contributed by atoms with Crippen molar-refractivity contribution in [3.63, 3.8) is 0 Å². The Kier molecular flexibility index (Phi) is 2.19. The molecular weight excluding hydrogens is 248 g/mol. The van der Waals surface area contributed by atoms with Crippen LogP contribution in [0.2, 0.25) is 0 Å². The Bertz CT molecular complexity index is 638. The maximum absolute atomic E-state index is 9.62. The van der Waals surface area contributed by atoms with E-state index in [4.69, 9.17) is 0 Å². The van der Waals surface area contributed by atoms with Gasteiger partial charge in [-0.15, -0.1) is 0 Å². The summed E-state index contributed by atoms with van der Waals surface area (Å²) < 4.78 is 0. The minimum Gasteiger partial charge on any atom is -0.196 e. The smallest absolute Gasteiger partial charge is 0.182 e. The van der Waals surface area contributed by atoms with Gasteiger partial charge in [0.1, 0.15) is 0 Å². The summed E-state index contributed by atoms with van der Waals surface area (Å²) in [6, 6.07) is 8.13. The molecule has 4 heteroatoms. The van der Waals surface area contributed by atoms with Crippen molar-refractivity contribution in [2.45, 2.75) is 13.8 Å². The summed E-state index contributed by atoms with van der Waals surface area (Å²) in [5.41, 5.74) is -0.736. The van der Waals surface area contributed by atoms with E-state index in [0.29, 0.717) is 0 Å². The molecule has 1 saturated carbocycles. The number of hydrogen-bond donors (Lipinski definition) is 0. The molecule has 0 amide bonds. The molecule has 1 fully saturated rings. The van der Waals surface area contributed by atoms with Crippen LogP contribution in [0.4, 0.5) is 0 Å². The number of fused-ring (bicyclic) bond motifs is 1. The molecule has 4 nitrogen and oxygen atoms in total. The quantitative estimate of drug-likeness (QED) is 0.625. The molecule has 2 bridgehead atoms. The van der Waals surface area contributed by atoms with Crippen molar-refractivity contribution in [1.82, 2.24) is 0 Å². The van der Waals surface area contributed by atoms with Gasteiger partial charge in [0.05, 0.1) is 24.3 Å². The van der Waals surface area contributed by atoms with Gasteiger partial charge in [0.25, 0.3) is 0 Å². The molecule has 96 valence electrons. The summed E-state index contributed by atoms with van der Waals surface area (Å²) in [5, 5.41) is 38.5. The molecule has 0 spiro atoms. The van der Waals surface area contributed by atoms with Crippen LogP contribution < -0.4 is 0 Å². The fraction of sp³-hybridized carbons (Fsp3) is 0.500. The van der Waals surface area contributed by atoms with Crippen LogP contribution in [0.25, 0.3) is 0 Å². The van der Waals surface area contributed by atoms with Crippen molar-refractivity contribution in [3.8, 4) is 24.3 Å². The van der Waals surface area contributed by atoms with Crippen molar-refractivity contribution in [2.24, 2.45) is 34.5 Å². The summed E-state index contributed by atoms with van der Waals surface area (Å²) in [6.45, 7) is 4.04. The van der Waals surface area contributed by atoms with Crippen molar-refractivity contribution < 1.29 is 0 Å². The molecule has 0 aromatic heterocycles. The van der Waals surface area contributed by atoms with Gasteiger partial charge >= 0.3 is 0 Å². The van der Waals surface area contributed by atoms with E-state index in [-0.39, 0.29) is 23.7 Å². The third kappa shape index (κ3) is 0.911. The second kappa shape index (κ2) is 3.50. The largest absolute Gasteiger partial charge is 0.196 e. The molecule has 0 radical (unpaired) electrons. The minimum absolute atomic E-state index is 0.124. The lowest BCUT2D eigenvalue weighted by Crippen LogP contribution is -2.63. The van der Waals surface area contributed by atoms with Gasteiger partial charge in [-0.3, -0.25) is 0 Å². The predicted octanol–water partition coefficient (Wildman–Crippen LogP) is 2.45. The highest BCUT2D eigenvalue weighted by Crippen LogP contribution is 2.69. The molecule has 0 aliphatic heterocycles. The molecule has 0 saturated heterocycles. The first kappa shape index (κ1) is 12.5. The van der Waals surface area contributed by atoms with Crippen molar-refractivity contribution in [2.75, 3.05) is 0 Å². The van der Waals surface area contributed by atoms with Gasteiger partial charge in [0, 0.05) is 11.8 Å². The Morgan fingerprint density at radius 3 is 1.30 bits per heavy atom. The van der Waals surface area contributed by atoms with Gasteiger partial charge in [0.2, 0.25) is 0 Å². The van der Waals surface area contributed by atoms with E-state index in [2.05, 4.69) is 0 Å². The maximum Gasteiger partial charge on any atom is 0.182 e. The highest BCUT2D eigenvalue weighted by Gasteiger charge is 2.73. The first-order valence-corrected chi connectivity index (χ1v) is 6.55. The van der Waals surface area contributed by atoms with E-state index >= 15 is 0 Å². The monoisotopic (exact) mass is 260 g/mol. The van der Waals surface area contributed by atoms with Gasteiger partial charge < -0.3 is 0 Å². The van der Waals surface area contributed by atoms with E-state index in [1.54, 1.807) is 0 Å². The van der Waals surface area contributed by atoms with Gasteiger partial charge in [0.15, 0.2) is 10.8 Å². The number of allylic oxidation sites excluding steroid dienone is 4. The van der Waals surface area contributed by atoms with Gasteiger partial charge in [-0.25, -0.2) is 0 Å². The van der Waals surface area contributed by atoms with Crippen LogP contribution in [0.5, 0.6) is 0 Å². The Hall–Kier alpha value is -2.56. The first-order valence-electron chi connectivity index (χ1n) is 6.55. The zero-order valence-electron chi connectivity index (χ0n) is 11.3. The average Bonchev–Trinajstić information content (AvgIpc) is 2.52. The third-order valence-corrected chi connectivity index (χ3v) is 5.64. The predicted molar refractivity (Wildman–Crippen MR) is 68.8 cm³/mol. The van der Waals surface area contributed by atoms with Crippen molar-refractivity contribution in [1.29, 1.82) is 21.0 Å². The van der Waals surface area contributed by atoms with Crippen LogP contribution in [0.15, 0.2) is 23.3 Å². The number of hydrogen-bond acceptors (Lipinski definition) is 4. The fourth-order valence-electron chi connectivity index (χ4n) is 4.49. The molecular formula is C16H12N4. The first-order chi connectivity index (χ1) is 9.54. The van der Waals surface area contributed by atoms with E-state index in [1.165, 1.54) is 11.1 Å². The maximum atomic E-state index is 9.62. The lowest BCUT2D eigenvalue weighted by molar-refractivity contribution is -0.00582. The molecule has 4 aliphatic rings. The molecule has 4 atom stereocenters. The number of nitriles is 4. The minimum atomic E-state index is -1.57. The van der Waals surface area contributed by atoms with Crippen LogP contribution in [-0.2, 0) is 0 Å². The Morgan fingerprint density at radius 1 is 0.750 bits per heavy atom. The molecule has 0 aromatic carbocycles. The lowest BCUT2D eigenvalue weighted by Gasteiger charge is -2.61. The van der Waals surface area contributed by atoms with Gasteiger partial charge in [-0.05, 0) is 25.7 Å².